The van der Waals surface area contributed by atoms with Gasteiger partial charge in [-0.3, -0.25) is 9.48 Å². The summed E-state index contributed by atoms with van der Waals surface area (Å²) in [6.45, 7) is 4.65. The molecule has 0 radical (unpaired) electrons. The Bertz CT molecular complexity index is 675. The zero-order chi connectivity index (χ0) is 14.3. The molecule has 1 aliphatic rings. The third-order valence-corrected chi connectivity index (χ3v) is 3.68. The summed E-state index contributed by atoms with van der Waals surface area (Å²) >= 11 is 0. The molecule has 0 unspecified atom stereocenters. The first-order valence-electron chi connectivity index (χ1n) is 6.74. The van der Waals surface area contributed by atoms with Crippen LogP contribution < -0.4 is 10.2 Å². The highest BCUT2D eigenvalue weighted by molar-refractivity contribution is 5.97. The molecule has 0 saturated carbocycles. The summed E-state index contributed by atoms with van der Waals surface area (Å²) in [6.07, 6.45) is 0.475. The molecule has 1 amide bonds. The molecule has 5 heteroatoms. The number of nitrogens with zero attached hydrogens (tertiary/aromatic N) is 3. The van der Waals surface area contributed by atoms with Crippen LogP contribution in [-0.4, -0.2) is 22.2 Å². The lowest BCUT2D eigenvalue weighted by Crippen LogP contribution is -2.22. The van der Waals surface area contributed by atoms with Crippen molar-refractivity contribution in [1.29, 1.82) is 0 Å². The Morgan fingerprint density at radius 2 is 2.00 bits per heavy atom. The molecule has 0 aliphatic carbocycles. The maximum absolute atomic E-state index is 11.9. The Morgan fingerprint density at radius 1 is 1.25 bits per heavy atom. The number of carbonyl (C=O) groups excluding carboxylic acids is 1. The normalized spacial score (nSPS) is 14.8. The van der Waals surface area contributed by atoms with Crippen LogP contribution in [0.5, 0.6) is 0 Å². The predicted molar refractivity (Wildman–Crippen MR) is 79.4 cm³/mol. The van der Waals surface area contributed by atoms with E-state index in [2.05, 4.69) is 34.4 Å². The standard InChI is InChI=1S/C15H18N4O/c1-10-6-4-5-7-12(10)19-9-8-13(20)16-14-11(2)17-18(3)15(14)19/h4-7H,8-9H2,1-3H3,(H,16,20). The van der Waals surface area contributed by atoms with Crippen LogP contribution in [0.15, 0.2) is 24.3 Å². The fourth-order valence-electron chi connectivity index (χ4n) is 2.72. The van der Waals surface area contributed by atoms with Crippen molar-refractivity contribution in [2.24, 2.45) is 7.05 Å². The number of amides is 1. The van der Waals surface area contributed by atoms with Gasteiger partial charge in [-0.25, -0.2) is 0 Å². The van der Waals surface area contributed by atoms with E-state index >= 15 is 0 Å². The molecule has 20 heavy (non-hydrogen) atoms. The number of aromatic nitrogens is 2. The molecule has 0 atom stereocenters. The zero-order valence-corrected chi connectivity index (χ0v) is 12.0. The van der Waals surface area contributed by atoms with Gasteiger partial charge in [0.2, 0.25) is 5.91 Å². The van der Waals surface area contributed by atoms with E-state index in [1.54, 1.807) is 0 Å². The Hall–Kier alpha value is -2.30. The molecule has 5 nitrogen and oxygen atoms in total. The van der Waals surface area contributed by atoms with Crippen LogP contribution in [0.3, 0.4) is 0 Å². The first-order chi connectivity index (χ1) is 9.58. The van der Waals surface area contributed by atoms with E-state index < -0.39 is 0 Å². The van der Waals surface area contributed by atoms with Gasteiger partial charge in [-0.05, 0) is 25.5 Å². The van der Waals surface area contributed by atoms with Crippen LogP contribution in [0.2, 0.25) is 0 Å². The minimum Gasteiger partial charge on any atom is -0.324 e. The van der Waals surface area contributed by atoms with Gasteiger partial charge in [0.05, 0.1) is 5.69 Å². The summed E-state index contributed by atoms with van der Waals surface area (Å²) in [7, 11) is 1.91. The summed E-state index contributed by atoms with van der Waals surface area (Å²) in [5, 5.41) is 7.40. The van der Waals surface area contributed by atoms with Crippen LogP contribution in [0.25, 0.3) is 0 Å². The van der Waals surface area contributed by atoms with Gasteiger partial charge >= 0.3 is 0 Å². The van der Waals surface area contributed by atoms with Crippen molar-refractivity contribution in [2.75, 3.05) is 16.8 Å². The van der Waals surface area contributed by atoms with Crippen LogP contribution in [0.1, 0.15) is 17.7 Å². The fourth-order valence-corrected chi connectivity index (χ4v) is 2.72. The van der Waals surface area contributed by atoms with Gasteiger partial charge in [-0.15, -0.1) is 0 Å². The summed E-state index contributed by atoms with van der Waals surface area (Å²) in [5.41, 5.74) is 3.97. The second-order valence-electron chi connectivity index (χ2n) is 5.14. The number of nitrogens with one attached hydrogen (secondary N) is 1. The summed E-state index contributed by atoms with van der Waals surface area (Å²) < 4.78 is 1.84. The second kappa shape index (κ2) is 4.67. The number of benzene rings is 1. The molecule has 1 aromatic heterocycles. The largest absolute Gasteiger partial charge is 0.324 e. The van der Waals surface area contributed by atoms with E-state index in [4.69, 9.17) is 0 Å². The van der Waals surface area contributed by atoms with Crippen molar-refractivity contribution < 1.29 is 4.79 Å². The quantitative estimate of drug-likeness (QED) is 0.866. The molecule has 1 aromatic carbocycles. The van der Waals surface area contributed by atoms with E-state index in [9.17, 15) is 4.79 Å². The maximum Gasteiger partial charge on any atom is 0.226 e. The highest BCUT2D eigenvalue weighted by atomic mass is 16.1. The Kier molecular flexibility index (Phi) is 2.97. The predicted octanol–water partition coefficient (Wildman–Crippen LogP) is 2.52. The number of fused-ring (bicyclic) bond motifs is 1. The number of anilines is 3. The van der Waals surface area contributed by atoms with E-state index in [0.29, 0.717) is 13.0 Å². The van der Waals surface area contributed by atoms with Gasteiger partial charge in [0.25, 0.3) is 0 Å². The number of hydrogen-bond donors (Lipinski definition) is 1. The van der Waals surface area contributed by atoms with E-state index in [0.717, 1.165) is 22.9 Å². The Labute approximate surface area is 118 Å². The highest BCUT2D eigenvalue weighted by Gasteiger charge is 2.26. The van der Waals surface area contributed by atoms with Crippen molar-refractivity contribution in [2.45, 2.75) is 20.3 Å². The SMILES string of the molecule is Cc1ccccc1N1CCC(=O)Nc2c(C)nn(C)c21. The molecule has 1 aliphatic heterocycles. The smallest absolute Gasteiger partial charge is 0.226 e. The first kappa shape index (κ1) is 12.7. The van der Waals surface area contributed by atoms with Crippen molar-refractivity contribution in [3.8, 4) is 0 Å². The zero-order valence-electron chi connectivity index (χ0n) is 12.0. The van der Waals surface area contributed by atoms with Crippen molar-refractivity contribution >= 4 is 23.1 Å². The molecule has 3 rings (SSSR count). The minimum atomic E-state index is 0.0402. The molecule has 2 aromatic rings. The van der Waals surface area contributed by atoms with Crippen LogP contribution in [0.4, 0.5) is 17.2 Å². The topological polar surface area (TPSA) is 50.2 Å². The monoisotopic (exact) mass is 270 g/mol. The van der Waals surface area contributed by atoms with E-state index in [-0.39, 0.29) is 5.91 Å². The Balaban J connectivity index is 2.18. The molecule has 0 fully saturated rings. The van der Waals surface area contributed by atoms with Gasteiger partial charge in [-0.1, -0.05) is 18.2 Å². The number of rotatable bonds is 1. The minimum absolute atomic E-state index is 0.0402. The molecule has 104 valence electrons. The molecule has 0 bridgehead atoms. The fraction of sp³-hybridized carbons (Fsp3) is 0.333. The lowest BCUT2D eigenvalue weighted by Gasteiger charge is -2.25. The molecule has 1 N–H and O–H groups in total. The van der Waals surface area contributed by atoms with E-state index in [1.807, 2.05) is 30.8 Å². The van der Waals surface area contributed by atoms with Gasteiger partial charge in [0.1, 0.15) is 5.69 Å². The van der Waals surface area contributed by atoms with Gasteiger partial charge in [0.15, 0.2) is 5.82 Å². The average Bonchev–Trinajstić information content (AvgIpc) is 2.60. The second-order valence-corrected chi connectivity index (χ2v) is 5.14. The lowest BCUT2D eigenvalue weighted by molar-refractivity contribution is -0.115. The molecule has 0 saturated heterocycles. The number of hydrogen-bond acceptors (Lipinski definition) is 3. The summed E-state index contributed by atoms with van der Waals surface area (Å²) in [6, 6.07) is 8.20. The van der Waals surface area contributed by atoms with Crippen LogP contribution in [-0.2, 0) is 11.8 Å². The number of carbonyl (C=O) groups is 1. The number of aryl methyl sites for hydroxylation is 3. The van der Waals surface area contributed by atoms with E-state index in [1.165, 1.54) is 5.56 Å². The van der Waals surface area contributed by atoms with Crippen LogP contribution >= 0.6 is 0 Å². The maximum atomic E-state index is 11.9. The van der Waals surface area contributed by atoms with Gasteiger partial charge in [0, 0.05) is 25.7 Å². The molecule has 0 spiro atoms. The van der Waals surface area contributed by atoms with Crippen LogP contribution in [0, 0.1) is 13.8 Å². The third-order valence-electron chi connectivity index (χ3n) is 3.68. The van der Waals surface area contributed by atoms with Crippen molar-refractivity contribution in [3.63, 3.8) is 0 Å². The summed E-state index contributed by atoms with van der Waals surface area (Å²) in [4.78, 5) is 14.1. The number of para-hydroxylation sites is 1. The highest BCUT2D eigenvalue weighted by Crippen LogP contribution is 2.37. The first-order valence-corrected chi connectivity index (χ1v) is 6.74. The average molecular weight is 270 g/mol. The Morgan fingerprint density at radius 3 is 2.75 bits per heavy atom. The molecule has 2 heterocycles. The molecular formula is C15H18N4O. The third kappa shape index (κ3) is 1.95. The van der Waals surface area contributed by atoms with Crippen molar-refractivity contribution in [1.82, 2.24) is 9.78 Å². The summed E-state index contributed by atoms with van der Waals surface area (Å²) in [5.74, 6) is 0.987. The van der Waals surface area contributed by atoms with Crippen molar-refractivity contribution in [3.05, 3.63) is 35.5 Å². The lowest BCUT2D eigenvalue weighted by atomic mass is 10.1. The molecular weight excluding hydrogens is 252 g/mol. The van der Waals surface area contributed by atoms with Gasteiger partial charge < -0.3 is 10.2 Å². The van der Waals surface area contributed by atoms with Gasteiger partial charge in [-0.2, -0.15) is 5.10 Å².